The first-order chi connectivity index (χ1) is 12.4. The summed E-state index contributed by atoms with van der Waals surface area (Å²) in [4.78, 5) is 10.9. The second-order valence-electron chi connectivity index (χ2n) is 8.40. The number of aliphatic imine (C=N–C) groups is 2. The second kappa shape index (κ2) is 8.17. The van der Waals surface area contributed by atoms with Crippen molar-refractivity contribution in [1.82, 2.24) is 0 Å². The van der Waals surface area contributed by atoms with E-state index in [4.69, 9.17) is 0 Å². The quantitative estimate of drug-likeness (QED) is 0.666. The van der Waals surface area contributed by atoms with Gasteiger partial charge in [0.25, 0.3) is 0 Å². The van der Waals surface area contributed by atoms with Crippen molar-refractivity contribution in [2.24, 2.45) is 9.98 Å². The zero-order valence-electron chi connectivity index (χ0n) is 16.8. The predicted octanol–water partition coefficient (Wildman–Crippen LogP) is 5.68. The maximum Gasteiger partial charge on any atom is 0.124 e. The van der Waals surface area contributed by atoms with Crippen molar-refractivity contribution in [2.75, 3.05) is 0 Å². The largest absolute Gasteiger partial charge is 0.507 e. The molecule has 2 N–H and O–H groups in total. The summed E-state index contributed by atoms with van der Waals surface area (Å²) in [5, 5.41) is 20.1. The van der Waals surface area contributed by atoms with Gasteiger partial charge in [0.15, 0.2) is 0 Å². The van der Waals surface area contributed by atoms with Crippen molar-refractivity contribution in [3.8, 4) is 11.5 Å². The maximum absolute atomic E-state index is 10.1. The Labute approximate surface area is 166 Å². The summed E-state index contributed by atoms with van der Waals surface area (Å²) in [7, 11) is 0. The lowest BCUT2D eigenvalue weighted by Gasteiger charge is -2.12. The molecule has 2 aromatic carbocycles. The number of hydrogen-bond acceptors (Lipinski definition) is 5. The highest BCUT2D eigenvalue weighted by Gasteiger charge is 2.09. The van der Waals surface area contributed by atoms with E-state index in [1.165, 1.54) is 0 Å². The molecule has 4 nitrogen and oxygen atoms in total. The molecule has 0 aromatic heterocycles. The van der Waals surface area contributed by atoms with Crippen molar-refractivity contribution in [2.45, 2.75) is 62.4 Å². The second-order valence-corrected chi connectivity index (χ2v) is 9.55. The van der Waals surface area contributed by atoms with Gasteiger partial charge in [-0.25, -0.2) is 0 Å². The van der Waals surface area contributed by atoms with E-state index >= 15 is 0 Å². The van der Waals surface area contributed by atoms with Crippen LogP contribution >= 0.6 is 11.8 Å². The number of hydrogen-bond donors (Lipinski definition) is 2. The van der Waals surface area contributed by atoms with Gasteiger partial charge in [0.05, 0.1) is 11.1 Å². The van der Waals surface area contributed by atoms with Crippen LogP contribution in [0, 0.1) is 0 Å². The van der Waals surface area contributed by atoms with Crippen molar-refractivity contribution in [1.29, 1.82) is 0 Å². The molecule has 0 aliphatic rings. The van der Waals surface area contributed by atoms with E-state index in [0.717, 1.165) is 9.79 Å². The molecule has 0 atom stereocenters. The van der Waals surface area contributed by atoms with Gasteiger partial charge in [-0.1, -0.05) is 11.8 Å². The van der Waals surface area contributed by atoms with Crippen LogP contribution in [0.15, 0.2) is 56.2 Å². The molecular weight excluding hydrogens is 356 g/mol. The lowest BCUT2D eigenvalue weighted by atomic mass is 10.1. The Bertz CT molecular complexity index is 788. The number of phenols is 2. The molecule has 0 saturated carbocycles. The Morgan fingerprint density at radius 1 is 0.704 bits per heavy atom. The number of phenolic OH excluding ortho intramolecular Hbond substituents is 2. The third-order valence-corrected chi connectivity index (χ3v) is 4.39. The van der Waals surface area contributed by atoms with Crippen LogP contribution in [0.3, 0.4) is 0 Å². The molecule has 0 saturated heterocycles. The van der Waals surface area contributed by atoms with Gasteiger partial charge in [0.1, 0.15) is 11.5 Å². The minimum absolute atomic E-state index is 0.201. The van der Waals surface area contributed by atoms with E-state index in [0.29, 0.717) is 11.1 Å². The maximum atomic E-state index is 10.1. The molecule has 5 heteroatoms. The predicted molar refractivity (Wildman–Crippen MR) is 115 cm³/mol. The fraction of sp³-hybridized carbons (Fsp3) is 0.364. The first kappa shape index (κ1) is 21.0. The molecule has 0 spiro atoms. The van der Waals surface area contributed by atoms with Gasteiger partial charge in [-0.2, -0.15) is 0 Å². The Balaban J connectivity index is 2.27. The topological polar surface area (TPSA) is 65.2 Å². The highest BCUT2D eigenvalue weighted by molar-refractivity contribution is 7.99. The Kier molecular flexibility index (Phi) is 6.37. The molecule has 2 rings (SSSR count). The van der Waals surface area contributed by atoms with Gasteiger partial charge >= 0.3 is 0 Å². The van der Waals surface area contributed by atoms with Crippen LogP contribution < -0.4 is 0 Å². The molecule has 0 amide bonds. The monoisotopic (exact) mass is 384 g/mol. The Morgan fingerprint density at radius 3 is 1.41 bits per heavy atom. The zero-order chi connectivity index (χ0) is 20.2. The summed E-state index contributed by atoms with van der Waals surface area (Å²) in [6, 6.07) is 10.9. The first-order valence-corrected chi connectivity index (χ1v) is 9.69. The standard InChI is InChI=1S/C22H28N2O2S/c1-21(2,3)23-13-15-11-17(7-9-19(15)25)27-18-8-10-20(26)16(12-18)14-24-22(4,5)6/h7-14,25-26H,1-6H3. The molecule has 0 bridgehead atoms. The molecule has 0 unspecified atom stereocenters. The van der Waals surface area contributed by atoms with Crippen molar-refractivity contribution >= 4 is 24.2 Å². The van der Waals surface area contributed by atoms with Crippen LogP contribution in [0.25, 0.3) is 0 Å². The van der Waals surface area contributed by atoms with Crippen molar-refractivity contribution in [3.63, 3.8) is 0 Å². The Hall–Kier alpha value is -2.27. The van der Waals surface area contributed by atoms with Crippen LogP contribution in [-0.4, -0.2) is 33.7 Å². The van der Waals surface area contributed by atoms with Gasteiger partial charge < -0.3 is 10.2 Å². The van der Waals surface area contributed by atoms with Gasteiger partial charge in [-0.3, -0.25) is 9.98 Å². The Morgan fingerprint density at radius 2 is 1.07 bits per heavy atom. The van der Waals surface area contributed by atoms with Crippen LogP contribution in [-0.2, 0) is 0 Å². The smallest absolute Gasteiger partial charge is 0.124 e. The molecule has 2 aromatic rings. The van der Waals surface area contributed by atoms with Gasteiger partial charge in [-0.05, 0) is 77.9 Å². The molecule has 0 heterocycles. The fourth-order valence-electron chi connectivity index (χ4n) is 2.06. The average Bonchev–Trinajstić information content (AvgIpc) is 2.54. The molecule has 0 radical (unpaired) electrons. The van der Waals surface area contributed by atoms with Gasteiger partial charge in [0, 0.05) is 33.3 Å². The van der Waals surface area contributed by atoms with Crippen LogP contribution in [0.4, 0.5) is 0 Å². The molecule has 0 fully saturated rings. The van der Waals surface area contributed by atoms with Crippen molar-refractivity contribution < 1.29 is 10.2 Å². The number of aromatic hydroxyl groups is 2. The highest BCUT2D eigenvalue weighted by Crippen LogP contribution is 2.33. The minimum atomic E-state index is -0.201. The van der Waals surface area contributed by atoms with Crippen LogP contribution in [0.2, 0.25) is 0 Å². The van der Waals surface area contributed by atoms with E-state index < -0.39 is 0 Å². The summed E-state index contributed by atoms with van der Waals surface area (Å²) in [6.45, 7) is 12.1. The van der Waals surface area contributed by atoms with Gasteiger partial charge in [-0.15, -0.1) is 0 Å². The fourth-order valence-corrected chi connectivity index (χ4v) is 2.98. The zero-order valence-corrected chi connectivity index (χ0v) is 17.6. The number of benzene rings is 2. The highest BCUT2D eigenvalue weighted by atomic mass is 32.2. The summed E-state index contributed by atoms with van der Waals surface area (Å²) in [6.07, 6.45) is 3.41. The average molecular weight is 385 g/mol. The van der Waals surface area contributed by atoms with E-state index in [2.05, 4.69) is 9.98 Å². The molecule has 27 heavy (non-hydrogen) atoms. The third kappa shape index (κ3) is 7.10. The lowest BCUT2D eigenvalue weighted by molar-refractivity contribution is 0.473. The van der Waals surface area contributed by atoms with Crippen LogP contribution in [0.5, 0.6) is 11.5 Å². The number of nitrogens with zero attached hydrogens (tertiary/aromatic N) is 2. The summed E-state index contributed by atoms with van der Waals surface area (Å²) in [5.41, 5.74) is 0.966. The molecule has 144 valence electrons. The van der Waals surface area contributed by atoms with E-state index in [-0.39, 0.29) is 22.6 Å². The molecular formula is C22H28N2O2S. The van der Waals surface area contributed by atoms with E-state index in [1.807, 2.05) is 65.8 Å². The SMILES string of the molecule is CC(C)(C)N=Cc1cc(Sc2ccc(O)c(C=NC(C)(C)C)c2)ccc1O. The van der Waals surface area contributed by atoms with Crippen molar-refractivity contribution in [3.05, 3.63) is 47.5 Å². The van der Waals surface area contributed by atoms with Gasteiger partial charge in [0.2, 0.25) is 0 Å². The van der Waals surface area contributed by atoms with E-state index in [9.17, 15) is 10.2 Å². The molecule has 0 aliphatic carbocycles. The number of rotatable bonds is 4. The van der Waals surface area contributed by atoms with Crippen LogP contribution in [0.1, 0.15) is 52.7 Å². The lowest BCUT2D eigenvalue weighted by Crippen LogP contribution is -2.09. The third-order valence-electron chi connectivity index (χ3n) is 3.42. The molecule has 0 aliphatic heterocycles. The summed E-state index contributed by atoms with van der Waals surface area (Å²) in [5.74, 6) is 0.409. The summed E-state index contributed by atoms with van der Waals surface area (Å²) >= 11 is 1.55. The first-order valence-electron chi connectivity index (χ1n) is 8.87. The van der Waals surface area contributed by atoms with E-state index in [1.54, 1.807) is 36.3 Å². The minimum Gasteiger partial charge on any atom is -0.507 e. The summed E-state index contributed by atoms with van der Waals surface area (Å²) < 4.78 is 0. The normalized spacial score (nSPS) is 13.0.